The van der Waals surface area contributed by atoms with E-state index in [1.54, 1.807) is 6.07 Å². The fraction of sp³-hybridized carbons (Fsp3) is 0.556. The van der Waals surface area contributed by atoms with Gasteiger partial charge in [0.1, 0.15) is 0 Å². The molecule has 0 aromatic carbocycles. The molecule has 0 atom stereocenters. The maximum atomic E-state index is 10.5. The van der Waals surface area contributed by atoms with Gasteiger partial charge in [-0.2, -0.15) is 0 Å². The van der Waals surface area contributed by atoms with E-state index in [-0.39, 0.29) is 9.92 Å². The van der Waals surface area contributed by atoms with E-state index in [0.717, 1.165) is 25.2 Å². The SMILES string of the molecule is CN(Cc1csc([N+](=O)[O-])c1)C1CNC1. The zero-order valence-corrected chi connectivity index (χ0v) is 9.29. The average molecular weight is 227 g/mol. The van der Waals surface area contributed by atoms with E-state index in [9.17, 15) is 10.1 Å². The second-order valence-electron chi connectivity index (χ2n) is 3.78. The van der Waals surface area contributed by atoms with Crippen LogP contribution in [0.15, 0.2) is 11.4 Å². The molecule has 0 bridgehead atoms. The summed E-state index contributed by atoms with van der Waals surface area (Å²) in [6.45, 7) is 2.82. The molecule has 0 radical (unpaired) electrons. The van der Waals surface area contributed by atoms with Crippen LogP contribution >= 0.6 is 11.3 Å². The van der Waals surface area contributed by atoms with Crippen LogP contribution in [0.2, 0.25) is 0 Å². The average Bonchev–Trinajstić information content (AvgIpc) is 2.48. The monoisotopic (exact) mass is 227 g/mol. The molecule has 0 unspecified atom stereocenters. The fourth-order valence-corrected chi connectivity index (χ4v) is 2.26. The van der Waals surface area contributed by atoms with Crippen LogP contribution in [0, 0.1) is 10.1 Å². The highest BCUT2D eigenvalue weighted by Crippen LogP contribution is 2.23. The number of hydrogen-bond acceptors (Lipinski definition) is 5. The van der Waals surface area contributed by atoms with Crippen molar-refractivity contribution < 1.29 is 4.92 Å². The Bertz CT molecular complexity index is 362. The fourth-order valence-electron chi connectivity index (χ4n) is 1.54. The summed E-state index contributed by atoms with van der Waals surface area (Å²) in [5.41, 5.74) is 1.03. The predicted octanol–water partition coefficient (Wildman–Crippen LogP) is 1.06. The molecule has 1 aliphatic heterocycles. The van der Waals surface area contributed by atoms with Gasteiger partial charge in [-0.25, -0.2) is 0 Å². The molecule has 0 saturated carbocycles. The third kappa shape index (κ3) is 2.34. The summed E-state index contributed by atoms with van der Waals surface area (Å²) in [5.74, 6) is 0. The van der Waals surface area contributed by atoms with Crippen molar-refractivity contribution in [3.8, 4) is 0 Å². The van der Waals surface area contributed by atoms with E-state index in [2.05, 4.69) is 17.3 Å². The third-order valence-electron chi connectivity index (χ3n) is 2.64. The van der Waals surface area contributed by atoms with Gasteiger partial charge in [0.25, 0.3) is 0 Å². The summed E-state index contributed by atoms with van der Waals surface area (Å²) in [4.78, 5) is 12.4. The predicted molar refractivity (Wildman–Crippen MR) is 59.1 cm³/mol. The van der Waals surface area contributed by atoms with Crippen molar-refractivity contribution in [3.63, 3.8) is 0 Å². The molecule has 0 spiro atoms. The standard InChI is InChI=1S/C9H13N3O2S/c1-11(8-3-10-4-8)5-7-2-9(12(13)14)15-6-7/h2,6,8,10H,3-5H2,1H3. The summed E-state index contributed by atoms with van der Waals surface area (Å²) in [6, 6.07) is 2.23. The van der Waals surface area contributed by atoms with Gasteiger partial charge in [-0.1, -0.05) is 11.3 Å². The van der Waals surface area contributed by atoms with Crippen molar-refractivity contribution in [3.05, 3.63) is 27.1 Å². The molecule has 82 valence electrons. The number of rotatable bonds is 4. The summed E-state index contributed by atoms with van der Waals surface area (Å²) in [7, 11) is 2.05. The molecule has 1 aromatic heterocycles. The first-order chi connectivity index (χ1) is 7.16. The van der Waals surface area contributed by atoms with Gasteiger partial charge in [0.05, 0.1) is 4.92 Å². The Morgan fingerprint density at radius 1 is 1.73 bits per heavy atom. The minimum absolute atomic E-state index is 0.227. The molecule has 1 aromatic rings. The van der Waals surface area contributed by atoms with Gasteiger partial charge < -0.3 is 5.32 Å². The Morgan fingerprint density at radius 2 is 2.47 bits per heavy atom. The molecule has 1 fully saturated rings. The number of likely N-dealkylation sites (N-methyl/N-ethyl adjacent to an activating group) is 1. The highest BCUT2D eigenvalue weighted by Gasteiger charge is 2.22. The van der Waals surface area contributed by atoms with Crippen LogP contribution in [0.5, 0.6) is 0 Å². The quantitative estimate of drug-likeness (QED) is 0.617. The Balaban J connectivity index is 1.94. The normalized spacial score (nSPS) is 16.7. The first-order valence-electron chi connectivity index (χ1n) is 4.79. The van der Waals surface area contributed by atoms with Gasteiger partial charge in [0.15, 0.2) is 0 Å². The second-order valence-corrected chi connectivity index (χ2v) is 4.67. The minimum Gasteiger partial charge on any atom is -0.314 e. The first-order valence-corrected chi connectivity index (χ1v) is 5.67. The van der Waals surface area contributed by atoms with Crippen LogP contribution in [-0.4, -0.2) is 36.0 Å². The summed E-state index contributed by atoms with van der Waals surface area (Å²) < 4.78 is 0. The lowest BCUT2D eigenvalue weighted by Gasteiger charge is -2.35. The number of nitro groups is 1. The van der Waals surface area contributed by atoms with E-state index < -0.39 is 0 Å². The Morgan fingerprint density at radius 3 is 2.93 bits per heavy atom. The van der Waals surface area contributed by atoms with Crippen LogP contribution in [-0.2, 0) is 6.54 Å². The number of nitrogens with one attached hydrogen (secondary N) is 1. The zero-order chi connectivity index (χ0) is 10.8. The Labute approximate surface area is 91.9 Å². The van der Waals surface area contributed by atoms with Crippen molar-refractivity contribution in [2.45, 2.75) is 12.6 Å². The van der Waals surface area contributed by atoms with Crippen LogP contribution in [0.4, 0.5) is 5.00 Å². The highest BCUT2D eigenvalue weighted by molar-refractivity contribution is 7.13. The smallest absolute Gasteiger partial charge is 0.314 e. The van der Waals surface area contributed by atoms with E-state index in [4.69, 9.17) is 0 Å². The topological polar surface area (TPSA) is 58.4 Å². The lowest BCUT2D eigenvalue weighted by molar-refractivity contribution is -0.380. The van der Waals surface area contributed by atoms with E-state index in [1.165, 1.54) is 11.3 Å². The molecule has 2 rings (SSSR count). The van der Waals surface area contributed by atoms with E-state index >= 15 is 0 Å². The van der Waals surface area contributed by atoms with Gasteiger partial charge in [0.2, 0.25) is 0 Å². The van der Waals surface area contributed by atoms with E-state index in [1.807, 2.05) is 5.38 Å². The molecule has 6 heteroatoms. The molecule has 1 saturated heterocycles. The van der Waals surface area contributed by atoms with Gasteiger partial charge in [-0.15, -0.1) is 0 Å². The van der Waals surface area contributed by atoms with Crippen LogP contribution < -0.4 is 5.32 Å². The number of hydrogen-bond donors (Lipinski definition) is 1. The lowest BCUT2D eigenvalue weighted by Crippen LogP contribution is -2.55. The van der Waals surface area contributed by atoms with Gasteiger partial charge in [-0.05, 0) is 12.6 Å². The summed E-state index contributed by atoms with van der Waals surface area (Å²) >= 11 is 1.20. The van der Waals surface area contributed by atoms with Gasteiger partial charge >= 0.3 is 5.00 Å². The van der Waals surface area contributed by atoms with Crippen molar-refractivity contribution >= 4 is 16.3 Å². The minimum atomic E-state index is -0.334. The molecular formula is C9H13N3O2S. The molecule has 1 aliphatic rings. The number of nitrogens with zero attached hydrogens (tertiary/aromatic N) is 2. The first kappa shape index (κ1) is 10.5. The number of thiophene rings is 1. The van der Waals surface area contributed by atoms with Crippen LogP contribution in [0.25, 0.3) is 0 Å². The Hall–Kier alpha value is -0.980. The molecule has 1 N–H and O–H groups in total. The zero-order valence-electron chi connectivity index (χ0n) is 8.47. The van der Waals surface area contributed by atoms with Crippen molar-refractivity contribution in [2.75, 3.05) is 20.1 Å². The summed E-state index contributed by atoms with van der Waals surface area (Å²) in [5, 5.41) is 15.8. The molecule has 0 aliphatic carbocycles. The maximum Gasteiger partial charge on any atom is 0.324 e. The van der Waals surface area contributed by atoms with Crippen molar-refractivity contribution in [2.24, 2.45) is 0 Å². The van der Waals surface area contributed by atoms with Crippen LogP contribution in [0.3, 0.4) is 0 Å². The van der Waals surface area contributed by atoms with Gasteiger partial charge in [-0.3, -0.25) is 15.0 Å². The maximum absolute atomic E-state index is 10.5. The molecular weight excluding hydrogens is 214 g/mol. The highest BCUT2D eigenvalue weighted by atomic mass is 32.1. The molecule has 5 nitrogen and oxygen atoms in total. The molecule has 15 heavy (non-hydrogen) atoms. The second kappa shape index (κ2) is 4.26. The largest absolute Gasteiger partial charge is 0.324 e. The Kier molecular flexibility index (Phi) is 2.99. The molecule has 2 heterocycles. The lowest BCUT2D eigenvalue weighted by atomic mass is 10.1. The third-order valence-corrected chi connectivity index (χ3v) is 3.56. The van der Waals surface area contributed by atoms with E-state index in [0.29, 0.717) is 6.04 Å². The summed E-state index contributed by atoms with van der Waals surface area (Å²) in [6.07, 6.45) is 0. The van der Waals surface area contributed by atoms with Crippen molar-refractivity contribution in [1.82, 2.24) is 10.2 Å². The molecule has 0 amide bonds. The van der Waals surface area contributed by atoms with Crippen LogP contribution in [0.1, 0.15) is 5.56 Å². The van der Waals surface area contributed by atoms with Crippen molar-refractivity contribution in [1.29, 1.82) is 0 Å². The van der Waals surface area contributed by atoms with Gasteiger partial charge in [0, 0.05) is 37.1 Å².